The van der Waals surface area contributed by atoms with Gasteiger partial charge in [0.25, 0.3) is 5.91 Å². The highest BCUT2D eigenvalue weighted by atomic mass is 32.2. The number of amides is 1. The Morgan fingerprint density at radius 1 is 1.32 bits per heavy atom. The minimum atomic E-state index is -4.59. The molecule has 0 unspecified atom stereocenters. The number of aromatic nitrogens is 1. The number of pyridine rings is 1. The first-order chi connectivity index (χ1) is 9.90. The number of sulfonamides is 1. The van der Waals surface area contributed by atoms with Crippen LogP contribution in [-0.4, -0.2) is 25.6 Å². The number of nitrogens with one attached hydrogen (secondary N) is 1. The van der Waals surface area contributed by atoms with Crippen LogP contribution in [0.3, 0.4) is 0 Å². The molecule has 5 nitrogen and oxygen atoms in total. The Balaban J connectivity index is 2.71. The van der Waals surface area contributed by atoms with Gasteiger partial charge in [0, 0.05) is 11.1 Å². The van der Waals surface area contributed by atoms with Crippen molar-refractivity contribution in [3.05, 3.63) is 27.8 Å². The van der Waals surface area contributed by atoms with E-state index in [1.807, 2.05) is 0 Å². The molecule has 2 aromatic heterocycles. The van der Waals surface area contributed by atoms with Gasteiger partial charge in [0.2, 0.25) is 10.0 Å². The first-order valence-electron chi connectivity index (χ1n) is 5.90. The molecular weight excluding hydrogens is 341 g/mol. The summed E-state index contributed by atoms with van der Waals surface area (Å²) < 4.78 is 63.4. The summed E-state index contributed by atoms with van der Waals surface area (Å²) in [5.74, 6) is -0.964. The van der Waals surface area contributed by atoms with Crippen LogP contribution >= 0.6 is 11.3 Å². The Hall–Kier alpha value is -1.68. The van der Waals surface area contributed by atoms with Crippen molar-refractivity contribution in [3.63, 3.8) is 0 Å². The van der Waals surface area contributed by atoms with E-state index in [9.17, 15) is 26.4 Å². The molecule has 0 aliphatic rings. The van der Waals surface area contributed by atoms with Gasteiger partial charge in [-0.1, -0.05) is 0 Å². The summed E-state index contributed by atoms with van der Waals surface area (Å²) >= 11 is 0.730. The summed E-state index contributed by atoms with van der Waals surface area (Å²) in [7, 11) is -3.81. The molecule has 0 radical (unpaired) electrons. The van der Waals surface area contributed by atoms with Gasteiger partial charge in [0.1, 0.15) is 4.83 Å². The smallest absolute Gasteiger partial charge is 0.267 e. The Bertz CT molecular complexity index is 870. The van der Waals surface area contributed by atoms with Gasteiger partial charge in [0.05, 0.1) is 16.7 Å². The molecule has 2 aromatic rings. The van der Waals surface area contributed by atoms with Crippen molar-refractivity contribution in [2.75, 3.05) is 6.26 Å². The number of thiophene rings is 1. The first-order valence-corrected chi connectivity index (χ1v) is 8.61. The van der Waals surface area contributed by atoms with Crippen LogP contribution in [-0.2, 0) is 16.2 Å². The van der Waals surface area contributed by atoms with E-state index in [1.165, 1.54) is 13.8 Å². The van der Waals surface area contributed by atoms with E-state index >= 15 is 0 Å². The van der Waals surface area contributed by atoms with Gasteiger partial charge in [-0.3, -0.25) is 4.79 Å². The Morgan fingerprint density at radius 3 is 2.41 bits per heavy atom. The number of nitrogens with zero attached hydrogens (tertiary/aromatic N) is 1. The molecule has 1 N–H and O–H groups in total. The summed E-state index contributed by atoms with van der Waals surface area (Å²) in [5.41, 5.74) is -0.667. The number of fused-ring (bicyclic) bond motifs is 1. The van der Waals surface area contributed by atoms with Crippen LogP contribution in [0.15, 0.2) is 6.07 Å². The van der Waals surface area contributed by atoms with E-state index < -0.39 is 27.7 Å². The molecule has 120 valence electrons. The highest BCUT2D eigenvalue weighted by molar-refractivity contribution is 7.89. The van der Waals surface area contributed by atoms with Gasteiger partial charge in [-0.2, -0.15) is 13.2 Å². The zero-order valence-electron chi connectivity index (χ0n) is 11.7. The molecule has 0 aliphatic carbocycles. The fourth-order valence-electron chi connectivity index (χ4n) is 2.02. The molecule has 0 saturated carbocycles. The summed E-state index contributed by atoms with van der Waals surface area (Å²) in [4.78, 5) is 15.8. The molecule has 1 amide bonds. The molecule has 0 atom stereocenters. The molecule has 0 spiro atoms. The van der Waals surface area contributed by atoms with Crippen molar-refractivity contribution in [3.8, 4) is 0 Å². The third-order valence-corrected chi connectivity index (χ3v) is 4.56. The lowest BCUT2D eigenvalue weighted by atomic mass is 10.1. The largest absolute Gasteiger partial charge is 0.417 e. The highest BCUT2D eigenvalue weighted by Crippen LogP contribution is 2.40. The third-order valence-electron chi connectivity index (χ3n) is 2.82. The van der Waals surface area contributed by atoms with E-state index in [0.29, 0.717) is 0 Å². The molecule has 0 aliphatic heterocycles. The normalized spacial score (nSPS) is 12.6. The van der Waals surface area contributed by atoms with Gasteiger partial charge in [-0.25, -0.2) is 18.1 Å². The lowest BCUT2D eigenvalue weighted by Crippen LogP contribution is -2.29. The maximum Gasteiger partial charge on any atom is 0.417 e. The third kappa shape index (κ3) is 3.22. The average molecular weight is 352 g/mol. The molecule has 2 heterocycles. The van der Waals surface area contributed by atoms with Crippen molar-refractivity contribution in [1.82, 2.24) is 9.71 Å². The Labute approximate surface area is 128 Å². The number of hydrogen-bond acceptors (Lipinski definition) is 5. The number of hydrogen-bond donors (Lipinski definition) is 1. The fraction of sp³-hybridized carbons (Fsp3) is 0.333. The zero-order valence-corrected chi connectivity index (χ0v) is 13.3. The molecule has 0 fully saturated rings. The predicted molar refractivity (Wildman–Crippen MR) is 76.4 cm³/mol. The predicted octanol–water partition coefficient (Wildman–Crippen LogP) is 2.62. The molecule has 0 aromatic carbocycles. The molecule has 0 bridgehead atoms. The van der Waals surface area contributed by atoms with Crippen LogP contribution in [0.25, 0.3) is 10.2 Å². The minimum Gasteiger partial charge on any atom is -0.267 e. The van der Waals surface area contributed by atoms with Gasteiger partial charge in [0.15, 0.2) is 0 Å². The Morgan fingerprint density at radius 2 is 1.91 bits per heavy atom. The average Bonchev–Trinajstić information content (AvgIpc) is 2.62. The lowest BCUT2D eigenvalue weighted by molar-refractivity contribution is -0.136. The van der Waals surface area contributed by atoms with Gasteiger partial charge < -0.3 is 0 Å². The SMILES string of the molecule is Cc1cc(C(F)(F)F)c2c(C)c(C(=O)NS(C)(=O)=O)sc2n1. The molecule has 2 rings (SSSR count). The standard InChI is InChI=1S/C12H11F3N2O3S2/c1-5-4-7(12(13,14)15)8-6(2)9(21-11(8)16-5)10(18)17-22(3,19)20/h4H,1-3H3,(H,17,18). The highest BCUT2D eigenvalue weighted by Gasteiger charge is 2.35. The molecule has 22 heavy (non-hydrogen) atoms. The fourth-order valence-corrected chi connectivity index (χ4v) is 3.67. The van der Waals surface area contributed by atoms with Crippen LogP contribution in [0.4, 0.5) is 13.2 Å². The molecule has 0 saturated heterocycles. The van der Waals surface area contributed by atoms with Crippen molar-refractivity contribution >= 4 is 37.5 Å². The number of aryl methyl sites for hydroxylation is 2. The maximum atomic E-state index is 13.1. The van der Waals surface area contributed by atoms with Gasteiger partial charge in [-0.05, 0) is 25.5 Å². The number of rotatable bonds is 2. The second-order valence-corrected chi connectivity index (χ2v) is 7.50. The van der Waals surface area contributed by atoms with Crippen molar-refractivity contribution in [1.29, 1.82) is 0 Å². The van der Waals surface area contributed by atoms with Crippen molar-refractivity contribution in [2.45, 2.75) is 20.0 Å². The number of carbonyl (C=O) groups is 1. The summed E-state index contributed by atoms with van der Waals surface area (Å²) in [6.07, 6.45) is -3.81. The van der Waals surface area contributed by atoms with Crippen LogP contribution in [0.1, 0.15) is 26.5 Å². The number of halogens is 3. The Kier molecular flexibility index (Phi) is 3.94. The zero-order chi connectivity index (χ0) is 16.9. The summed E-state index contributed by atoms with van der Waals surface area (Å²) in [6, 6.07) is 0.903. The topological polar surface area (TPSA) is 76.1 Å². The molecular formula is C12H11F3N2O3S2. The summed E-state index contributed by atoms with van der Waals surface area (Å²) in [6.45, 7) is 2.75. The van der Waals surface area contributed by atoms with Crippen molar-refractivity contribution < 1.29 is 26.4 Å². The van der Waals surface area contributed by atoms with Crippen LogP contribution in [0, 0.1) is 13.8 Å². The lowest BCUT2D eigenvalue weighted by Gasteiger charge is -2.09. The summed E-state index contributed by atoms with van der Waals surface area (Å²) in [5, 5.41) is -0.179. The number of alkyl halides is 3. The second kappa shape index (κ2) is 5.20. The maximum absolute atomic E-state index is 13.1. The van der Waals surface area contributed by atoms with E-state index in [1.54, 1.807) is 4.72 Å². The monoisotopic (exact) mass is 352 g/mol. The second-order valence-electron chi connectivity index (χ2n) is 4.75. The first kappa shape index (κ1) is 16.7. The minimum absolute atomic E-state index is 0.0449. The van der Waals surface area contributed by atoms with E-state index in [0.717, 1.165) is 23.7 Å². The number of carbonyl (C=O) groups excluding carboxylic acids is 1. The van der Waals surface area contributed by atoms with E-state index in [2.05, 4.69) is 4.98 Å². The van der Waals surface area contributed by atoms with E-state index in [4.69, 9.17) is 0 Å². The molecule has 10 heteroatoms. The van der Waals surface area contributed by atoms with Gasteiger partial charge >= 0.3 is 6.18 Å². The van der Waals surface area contributed by atoms with Crippen LogP contribution in [0.2, 0.25) is 0 Å². The van der Waals surface area contributed by atoms with Gasteiger partial charge in [-0.15, -0.1) is 11.3 Å². The van der Waals surface area contributed by atoms with Crippen LogP contribution < -0.4 is 4.72 Å². The van der Waals surface area contributed by atoms with E-state index in [-0.39, 0.29) is 26.4 Å². The van der Waals surface area contributed by atoms with Crippen LogP contribution in [0.5, 0.6) is 0 Å². The van der Waals surface area contributed by atoms with Crippen molar-refractivity contribution in [2.24, 2.45) is 0 Å². The quantitative estimate of drug-likeness (QED) is 0.901.